The van der Waals surface area contributed by atoms with Crippen LogP contribution in [0.2, 0.25) is 0 Å². The van der Waals surface area contributed by atoms with Gasteiger partial charge in [0.05, 0.1) is 6.04 Å². The van der Waals surface area contributed by atoms with E-state index in [1.807, 2.05) is 19.4 Å². The van der Waals surface area contributed by atoms with Crippen molar-refractivity contribution in [2.24, 2.45) is 17.8 Å². The fourth-order valence-corrected chi connectivity index (χ4v) is 3.80. The van der Waals surface area contributed by atoms with E-state index in [0.29, 0.717) is 6.04 Å². The van der Waals surface area contributed by atoms with Crippen LogP contribution < -0.4 is 5.32 Å². The molecule has 16 heavy (non-hydrogen) atoms. The monoisotopic (exact) mass is 219 g/mol. The molecule has 0 spiro atoms. The summed E-state index contributed by atoms with van der Waals surface area (Å²) in [6, 6.07) is 0.416. The lowest BCUT2D eigenvalue weighted by molar-refractivity contribution is 0.280. The molecular weight excluding hydrogens is 198 g/mol. The number of hydrogen-bond acceptors (Lipinski definition) is 2. The van der Waals surface area contributed by atoms with E-state index in [1.165, 1.54) is 32.1 Å². The maximum atomic E-state index is 4.37. The Kier molecular flexibility index (Phi) is 2.72. The molecular formula is C13H21N3. The normalized spacial score (nSPS) is 34.4. The van der Waals surface area contributed by atoms with Crippen LogP contribution in [0, 0.1) is 17.8 Å². The van der Waals surface area contributed by atoms with Gasteiger partial charge < -0.3 is 10.3 Å². The molecule has 1 heterocycles. The summed E-state index contributed by atoms with van der Waals surface area (Å²) < 4.78 is 0. The zero-order valence-electron chi connectivity index (χ0n) is 9.95. The molecule has 2 N–H and O–H groups in total. The van der Waals surface area contributed by atoms with Gasteiger partial charge in [-0.2, -0.15) is 0 Å². The molecule has 0 aliphatic heterocycles. The van der Waals surface area contributed by atoms with E-state index >= 15 is 0 Å². The summed E-state index contributed by atoms with van der Waals surface area (Å²) in [7, 11) is 2.04. The molecule has 4 atom stereocenters. The number of H-pyrrole nitrogens is 1. The summed E-state index contributed by atoms with van der Waals surface area (Å²) in [5, 5.41) is 3.40. The van der Waals surface area contributed by atoms with E-state index < -0.39 is 0 Å². The van der Waals surface area contributed by atoms with Crippen LogP contribution in [-0.2, 0) is 0 Å². The van der Waals surface area contributed by atoms with Crippen molar-refractivity contribution in [3.05, 3.63) is 18.2 Å². The van der Waals surface area contributed by atoms with Crippen LogP contribution in [-0.4, -0.2) is 17.0 Å². The molecule has 2 aliphatic carbocycles. The van der Waals surface area contributed by atoms with Crippen LogP contribution in [0.5, 0.6) is 0 Å². The summed E-state index contributed by atoms with van der Waals surface area (Å²) in [6.07, 6.45) is 10.9. The van der Waals surface area contributed by atoms with Crippen LogP contribution in [0.1, 0.15) is 44.0 Å². The minimum Gasteiger partial charge on any atom is -0.347 e. The third-order valence-corrected chi connectivity index (χ3v) is 4.62. The quantitative estimate of drug-likeness (QED) is 0.817. The Bertz CT molecular complexity index is 333. The van der Waals surface area contributed by atoms with E-state index in [1.54, 1.807) is 0 Å². The van der Waals surface area contributed by atoms with Crippen molar-refractivity contribution in [3.8, 4) is 0 Å². The van der Waals surface area contributed by atoms with Gasteiger partial charge in [0.15, 0.2) is 0 Å². The second-order valence-corrected chi connectivity index (χ2v) is 5.49. The molecule has 3 heteroatoms. The van der Waals surface area contributed by atoms with Crippen molar-refractivity contribution in [1.29, 1.82) is 0 Å². The van der Waals surface area contributed by atoms with Gasteiger partial charge >= 0.3 is 0 Å². The second-order valence-electron chi connectivity index (χ2n) is 5.49. The third kappa shape index (κ3) is 1.77. The molecule has 2 saturated carbocycles. The molecule has 0 radical (unpaired) electrons. The molecule has 0 saturated heterocycles. The topological polar surface area (TPSA) is 40.7 Å². The Morgan fingerprint density at radius 3 is 3.00 bits per heavy atom. The van der Waals surface area contributed by atoms with E-state index in [-0.39, 0.29) is 0 Å². The maximum absolute atomic E-state index is 4.37. The largest absolute Gasteiger partial charge is 0.347 e. The fourth-order valence-electron chi connectivity index (χ4n) is 3.80. The van der Waals surface area contributed by atoms with Gasteiger partial charge in [-0.15, -0.1) is 0 Å². The molecule has 1 aromatic heterocycles. The molecule has 1 aromatic rings. The number of hydrogen-bond donors (Lipinski definition) is 2. The van der Waals surface area contributed by atoms with Crippen molar-refractivity contribution in [3.63, 3.8) is 0 Å². The van der Waals surface area contributed by atoms with Gasteiger partial charge in [0, 0.05) is 12.4 Å². The molecule has 3 rings (SSSR count). The predicted molar refractivity (Wildman–Crippen MR) is 63.9 cm³/mol. The van der Waals surface area contributed by atoms with Gasteiger partial charge in [0.25, 0.3) is 0 Å². The minimum absolute atomic E-state index is 0.416. The lowest BCUT2D eigenvalue weighted by Crippen LogP contribution is -2.23. The highest BCUT2D eigenvalue weighted by atomic mass is 15.0. The van der Waals surface area contributed by atoms with Crippen LogP contribution in [0.4, 0.5) is 0 Å². The number of nitrogens with one attached hydrogen (secondary N) is 2. The number of nitrogens with zero attached hydrogens (tertiary/aromatic N) is 1. The third-order valence-electron chi connectivity index (χ3n) is 4.62. The smallest absolute Gasteiger partial charge is 0.123 e. The summed E-state index contributed by atoms with van der Waals surface area (Å²) >= 11 is 0. The Balaban J connectivity index is 1.65. The van der Waals surface area contributed by atoms with Crippen molar-refractivity contribution < 1.29 is 0 Å². The SMILES string of the molecule is CNC(CC1CC2CCC1C2)c1ncc[nH]1. The standard InChI is InChI=1S/C13H21N3/c1-14-12(13-15-4-5-16-13)8-11-7-9-2-3-10(11)6-9/h4-5,9-12,14H,2-3,6-8H2,1H3,(H,15,16). The highest BCUT2D eigenvalue weighted by molar-refractivity contribution is 4.99. The molecule has 0 aromatic carbocycles. The van der Waals surface area contributed by atoms with E-state index in [9.17, 15) is 0 Å². The minimum atomic E-state index is 0.416. The average molecular weight is 219 g/mol. The first kappa shape index (κ1) is 10.3. The van der Waals surface area contributed by atoms with Crippen LogP contribution in [0.15, 0.2) is 12.4 Å². The average Bonchev–Trinajstić information content (AvgIpc) is 3.01. The zero-order chi connectivity index (χ0) is 11.0. The van der Waals surface area contributed by atoms with Gasteiger partial charge in [-0.3, -0.25) is 0 Å². The Labute approximate surface area is 97.0 Å². The van der Waals surface area contributed by atoms with E-state index in [2.05, 4.69) is 15.3 Å². The first-order chi connectivity index (χ1) is 7.86. The van der Waals surface area contributed by atoms with Gasteiger partial charge in [0.2, 0.25) is 0 Å². The fraction of sp³-hybridized carbons (Fsp3) is 0.769. The lowest BCUT2D eigenvalue weighted by Gasteiger charge is -2.25. The summed E-state index contributed by atoms with van der Waals surface area (Å²) in [6.45, 7) is 0. The maximum Gasteiger partial charge on any atom is 0.123 e. The van der Waals surface area contributed by atoms with Crippen molar-refractivity contribution in [2.45, 2.75) is 38.1 Å². The number of imidazole rings is 1. The van der Waals surface area contributed by atoms with Crippen LogP contribution >= 0.6 is 0 Å². The molecule has 2 aliphatic rings. The number of rotatable bonds is 4. The Hall–Kier alpha value is -0.830. The van der Waals surface area contributed by atoms with E-state index in [4.69, 9.17) is 0 Å². The Morgan fingerprint density at radius 2 is 2.44 bits per heavy atom. The Morgan fingerprint density at radius 1 is 1.50 bits per heavy atom. The molecule has 2 fully saturated rings. The number of aromatic nitrogens is 2. The molecule has 4 unspecified atom stereocenters. The summed E-state index contributed by atoms with van der Waals surface area (Å²) in [4.78, 5) is 7.61. The zero-order valence-corrected chi connectivity index (χ0v) is 9.95. The highest BCUT2D eigenvalue weighted by Gasteiger charge is 2.40. The van der Waals surface area contributed by atoms with Crippen LogP contribution in [0.25, 0.3) is 0 Å². The van der Waals surface area contributed by atoms with Gasteiger partial charge in [-0.1, -0.05) is 6.42 Å². The molecule has 2 bridgehead atoms. The van der Waals surface area contributed by atoms with Crippen molar-refractivity contribution in [2.75, 3.05) is 7.05 Å². The predicted octanol–water partition coefficient (Wildman–Crippen LogP) is 2.50. The van der Waals surface area contributed by atoms with Gasteiger partial charge in [0.1, 0.15) is 5.82 Å². The summed E-state index contributed by atoms with van der Waals surface area (Å²) in [5.74, 6) is 4.09. The molecule has 3 nitrogen and oxygen atoms in total. The molecule has 88 valence electrons. The molecule has 0 amide bonds. The highest BCUT2D eigenvalue weighted by Crippen LogP contribution is 2.50. The van der Waals surface area contributed by atoms with Crippen molar-refractivity contribution in [1.82, 2.24) is 15.3 Å². The first-order valence-corrected chi connectivity index (χ1v) is 6.53. The van der Waals surface area contributed by atoms with Crippen molar-refractivity contribution >= 4 is 0 Å². The first-order valence-electron chi connectivity index (χ1n) is 6.53. The van der Waals surface area contributed by atoms with Crippen LogP contribution in [0.3, 0.4) is 0 Å². The number of aromatic amines is 1. The van der Waals surface area contributed by atoms with Gasteiger partial charge in [-0.25, -0.2) is 4.98 Å². The number of fused-ring (bicyclic) bond motifs is 2. The lowest BCUT2D eigenvalue weighted by atomic mass is 9.84. The summed E-state index contributed by atoms with van der Waals surface area (Å²) in [5.41, 5.74) is 0. The second kappa shape index (κ2) is 4.21. The van der Waals surface area contributed by atoms with E-state index in [0.717, 1.165) is 23.6 Å². The van der Waals surface area contributed by atoms with Gasteiger partial charge in [-0.05, 0) is 50.5 Å².